The molecule has 6 nitrogen and oxygen atoms in total. The second-order valence-corrected chi connectivity index (χ2v) is 6.58. The molecule has 7 heteroatoms. The van der Waals surface area contributed by atoms with Crippen molar-refractivity contribution in [1.82, 2.24) is 9.88 Å². The van der Waals surface area contributed by atoms with E-state index in [4.69, 9.17) is 5.73 Å². The number of aromatic nitrogens is 1. The minimum absolute atomic E-state index is 0.210. The van der Waals surface area contributed by atoms with E-state index in [9.17, 15) is 9.90 Å². The van der Waals surface area contributed by atoms with E-state index in [2.05, 4.69) is 11.9 Å². The number of nitrogens with two attached hydrogens (primary N) is 1. The fraction of sp³-hybridized carbons (Fsp3) is 0.692. The van der Waals surface area contributed by atoms with Gasteiger partial charge in [-0.15, -0.1) is 0 Å². The van der Waals surface area contributed by atoms with E-state index in [-0.39, 0.29) is 18.3 Å². The fourth-order valence-electron chi connectivity index (χ4n) is 1.89. The Labute approximate surface area is 124 Å². The predicted octanol–water partition coefficient (Wildman–Crippen LogP) is 1.41. The molecule has 3 N–H and O–H groups in total. The summed E-state index contributed by atoms with van der Waals surface area (Å²) < 4.78 is 0. The zero-order valence-electron chi connectivity index (χ0n) is 12.8. The Kier molecular flexibility index (Phi) is 5.35. The van der Waals surface area contributed by atoms with Crippen molar-refractivity contribution in [2.24, 2.45) is 0 Å². The first-order valence-corrected chi connectivity index (χ1v) is 7.42. The lowest BCUT2D eigenvalue weighted by atomic mass is 10.1. The van der Waals surface area contributed by atoms with Crippen molar-refractivity contribution in [3.63, 3.8) is 0 Å². The zero-order valence-corrected chi connectivity index (χ0v) is 13.6. The number of aliphatic hydroxyl groups is 1. The maximum absolute atomic E-state index is 12.3. The van der Waals surface area contributed by atoms with Gasteiger partial charge in [0.2, 0.25) is 0 Å². The summed E-state index contributed by atoms with van der Waals surface area (Å²) in [6, 6.07) is 0. The summed E-state index contributed by atoms with van der Waals surface area (Å²) in [5.74, 6) is 0.0406. The van der Waals surface area contributed by atoms with Crippen molar-refractivity contribution < 1.29 is 9.90 Å². The van der Waals surface area contributed by atoms with E-state index in [1.807, 2.05) is 11.9 Å². The molecule has 0 aromatic carbocycles. The van der Waals surface area contributed by atoms with Crippen LogP contribution in [0.2, 0.25) is 0 Å². The molecule has 1 heterocycles. The van der Waals surface area contributed by atoms with Crippen molar-refractivity contribution in [2.75, 3.05) is 37.8 Å². The maximum atomic E-state index is 12.3. The molecule has 0 atom stereocenters. The molecule has 0 aliphatic heterocycles. The monoisotopic (exact) mass is 300 g/mol. The Balaban J connectivity index is 2.88. The molecular weight excluding hydrogens is 276 g/mol. The van der Waals surface area contributed by atoms with Crippen molar-refractivity contribution >= 4 is 28.2 Å². The minimum atomic E-state index is -0.939. The van der Waals surface area contributed by atoms with E-state index < -0.39 is 5.60 Å². The number of amides is 1. The normalized spacial score (nSPS) is 11.5. The highest BCUT2D eigenvalue weighted by molar-refractivity contribution is 7.18. The lowest BCUT2D eigenvalue weighted by molar-refractivity contribution is 0.0371. The third-order valence-electron chi connectivity index (χ3n) is 2.69. The smallest absolute Gasteiger partial charge is 0.267 e. The van der Waals surface area contributed by atoms with Gasteiger partial charge in [0, 0.05) is 27.2 Å². The van der Waals surface area contributed by atoms with Crippen LogP contribution in [0.25, 0.3) is 0 Å². The molecule has 0 bridgehead atoms. The van der Waals surface area contributed by atoms with Crippen LogP contribution in [0.15, 0.2) is 0 Å². The number of carbonyl (C=O) groups is 1. The van der Waals surface area contributed by atoms with Crippen LogP contribution in [0.4, 0.5) is 10.9 Å². The summed E-state index contributed by atoms with van der Waals surface area (Å²) in [7, 11) is 3.57. The molecular formula is C13H24N4O2S. The molecule has 0 saturated carbocycles. The van der Waals surface area contributed by atoms with Crippen LogP contribution in [0.3, 0.4) is 0 Å². The Hall–Kier alpha value is -1.34. The number of thiazole rings is 1. The summed E-state index contributed by atoms with van der Waals surface area (Å²) in [5, 5.41) is 10.5. The Morgan fingerprint density at radius 3 is 2.55 bits per heavy atom. The Morgan fingerprint density at radius 2 is 2.05 bits per heavy atom. The van der Waals surface area contributed by atoms with Gasteiger partial charge < -0.3 is 20.6 Å². The quantitative estimate of drug-likeness (QED) is 0.830. The number of nitrogen functional groups attached to an aromatic ring is 1. The highest BCUT2D eigenvalue weighted by Crippen LogP contribution is 2.28. The molecule has 0 spiro atoms. The van der Waals surface area contributed by atoms with E-state index in [1.54, 1.807) is 20.9 Å². The molecule has 0 fully saturated rings. The second kappa shape index (κ2) is 6.41. The number of carbonyl (C=O) groups excluding carboxylic acids is 1. The Bertz CT molecular complexity index is 467. The molecule has 20 heavy (non-hydrogen) atoms. The van der Waals surface area contributed by atoms with Gasteiger partial charge in [0.15, 0.2) is 5.13 Å². The largest absolute Gasteiger partial charge is 0.389 e. The molecule has 0 saturated heterocycles. The number of hydrogen-bond donors (Lipinski definition) is 2. The Morgan fingerprint density at radius 1 is 1.45 bits per heavy atom. The number of hydrogen-bond acceptors (Lipinski definition) is 6. The lowest BCUT2D eigenvalue weighted by Gasteiger charge is -2.25. The molecule has 0 aliphatic rings. The number of anilines is 2. The molecule has 1 rings (SSSR count). The molecule has 0 unspecified atom stereocenters. The fourth-order valence-corrected chi connectivity index (χ4v) is 2.86. The minimum Gasteiger partial charge on any atom is -0.389 e. The summed E-state index contributed by atoms with van der Waals surface area (Å²) >= 11 is 1.29. The van der Waals surface area contributed by atoms with E-state index >= 15 is 0 Å². The van der Waals surface area contributed by atoms with Gasteiger partial charge in [0.1, 0.15) is 10.7 Å². The average molecular weight is 300 g/mol. The number of nitrogens with zero attached hydrogens (tertiary/aromatic N) is 3. The van der Waals surface area contributed by atoms with Crippen LogP contribution < -0.4 is 10.6 Å². The average Bonchev–Trinajstić information content (AvgIpc) is 2.68. The third-order valence-corrected chi connectivity index (χ3v) is 3.87. The molecule has 114 valence electrons. The van der Waals surface area contributed by atoms with Crippen LogP contribution >= 0.6 is 11.3 Å². The predicted molar refractivity (Wildman–Crippen MR) is 83.3 cm³/mol. The summed E-state index contributed by atoms with van der Waals surface area (Å²) in [6.45, 7) is 6.50. The van der Waals surface area contributed by atoms with Crippen LogP contribution in [-0.4, -0.2) is 53.7 Å². The van der Waals surface area contributed by atoms with Gasteiger partial charge in [-0.1, -0.05) is 18.3 Å². The van der Waals surface area contributed by atoms with Gasteiger partial charge in [0.25, 0.3) is 5.91 Å². The molecule has 0 radical (unpaired) electrons. The van der Waals surface area contributed by atoms with Gasteiger partial charge >= 0.3 is 0 Å². The number of rotatable bonds is 6. The zero-order chi connectivity index (χ0) is 15.5. The van der Waals surface area contributed by atoms with E-state index in [0.717, 1.165) is 18.1 Å². The number of likely N-dealkylation sites (N-methyl/N-ethyl adjacent to an activating group) is 1. The van der Waals surface area contributed by atoms with Crippen LogP contribution in [0, 0.1) is 0 Å². The van der Waals surface area contributed by atoms with Crippen molar-refractivity contribution in [3.05, 3.63) is 4.88 Å². The van der Waals surface area contributed by atoms with E-state index in [1.165, 1.54) is 16.2 Å². The second-order valence-electron chi connectivity index (χ2n) is 5.61. The standard InChI is InChI=1S/C13H24N4O2S/c1-6-7-16(4)12-15-10(14)9(20-12)11(18)17(5)8-13(2,3)19/h19H,6-8,14H2,1-5H3. The first kappa shape index (κ1) is 16.7. The third kappa shape index (κ3) is 4.35. The van der Waals surface area contributed by atoms with Crippen molar-refractivity contribution in [1.29, 1.82) is 0 Å². The highest BCUT2D eigenvalue weighted by atomic mass is 32.1. The molecule has 1 aromatic rings. The topological polar surface area (TPSA) is 82.7 Å². The van der Waals surface area contributed by atoms with Gasteiger partial charge in [-0.25, -0.2) is 4.98 Å². The highest BCUT2D eigenvalue weighted by Gasteiger charge is 2.24. The maximum Gasteiger partial charge on any atom is 0.267 e. The lowest BCUT2D eigenvalue weighted by Crippen LogP contribution is -2.39. The molecule has 1 amide bonds. The van der Waals surface area contributed by atoms with Crippen molar-refractivity contribution in [3.8, 4) is 0 Å². The van der Waals surface area contributed by atoms with Crippen LogP contribution in [0.1, 0.15) is 36.9 Å². The van der Waals surface area contributed by atoms with Gasteiger partial charge in [-0.05, 0) is 20.3 Å². The molecule has 1 aromatic heterocycles. The summed E-state index contributed by atoms with van der Waals surface area (Å²) in [5.41, 5.74) is 4.90. The first-order valence-electron chi connectivity index (χ1n) is 6.61. The van der Waals surface area contributed by atoms with Crippen LogP contribution in [-0.2, 0) is 0 Å². The van der Waals surface area contributed by atoms with Gasteiger partial charge in [-0.2, -0.15) is 0 Å². The van der Waals surface area contributed by atoms with Crippen LogP contribution in [0.5, 0.6) is 0 Å². The SMILES string of the molecule is CCCN(C)c1nc(N)c(C(=O)N(C)CC(C)(C)O)s1. The first-order chi connectivity index (χ1) is 9.15. The van der Waals surface area contributed by atoms with Gasteiger partial charge in [0.05, 0.1) is 5.60 Å². The summed E-state index contributed by atoms with van der Waals surface area (Å²) in [4.78, 5) is 20.4. The summed E-state index contributed by atoms with van der Waals surface area (Å²) in [6.07, 6.45) is 0.998. The van der Waals surface area contributed by atoms with Crippen molar-refractivity contribution in [2.45, 2.75) is 32.8 Å². The van der Waals surface area contributed by atoms with E-state index in [0.29, 0.717) is 4.88 Å². The van der Waals surface area contributed by atoms with Gasteiger partial charge in [-0.3, -0.25) is 4.79 Å². The molecule has 0 aliphatic carbocycles.